The van der Waals surface area contributed by atoms with Crippen LogP contribution in [0.1, 0.15) is 29.8 Å². The molecule has 0 bridgehead atoms. The summed E-state index contributed by atoms with van der Waals surface area (Å²) in [7, 11) is 0. The molecule has 0 spiro atoms. The highest BCUT2D eigenvalue weighted by molar-refractivity contribution is 5.93. The Morgan fingerprint density at radius 2 is 2.14 bits per heavy atom. The minimum atomic E-state index is -0.167. The van der Waals surface area contributed by atoms with Crippen LogP contribution in [0.15, 0.2) is 40.9 Å². The number of hydrogen-bond acceptors (Lipinski definition) is 4. The molecule has 1 N–H and O–H groups in total. The molecule has 21 heavy (non-hydrogen) atoms. The normalized spacial score (nSPS) is 18.7. The van der Waals surface area contributed by atoms with E-state index in [4.69, 9.17) is 4.52 Å². The van der Waals surface area contributed by atoms with E-state index in [1.165, 1.54) is 0 Å². The lowest BCUT2D eigenvalue weighted by molar-refractivity contribution is 0.0493. The maximum Gasteiger partial charge on any atom is 0.276 e. The highest BCUT2D eigenvalue weighted by Gasteiger charge is 2.28. The summed E-state index contributed by atoms with van der Waals surface area (Å²) in [5.74, 6) is 0.413. The number of carbonyl (C=O) groups excluding carboxylic acids is 1. The largest absolute Gasteiger partial charge is 0.394 e. The van der Waals surface area contributed by atoms with Crippen LogP contribution in [0.5, 0.6) is 0 Å². The number of aliphatic hydroxyl groups is 1. The fourth-order valence-electron chi connectivity index (χ4n) is 2.72. The van der Waals surface area contributed by atoms with Crippen molar-refractivity contribution in [2.45, 2.75) is 25.3 Å². The Hall–Kier alpha value is -2.14. The molecule has 1 aromatic heterocycles. The van der Waals surface area contributed by atoms with Crippen LogP contribution in [0.2, 0.25) is 0 Å². The smallest absolute Gasteiger partial charge is 0.276 e. The zero-order valence-electron chi connectivity index (χ0n) is 11.7. The molecule has 2 heterocycles. The molecule has 1 aromatic carbocycles. The van der Waals surface area contributed by atoms with E-state index >= 15 is 0 Å². The van der Waals surface area contributed by atoms with E-state index in [1.807, 2.05) is 30.3 Å². The number of benzene rings is 1. The van der Waals surface area contributed by atoms with Crippen LogP contribution in [-0.4, -0.2) is 40.3 Å². The van der Waals surface area contributed by atoms with Crippen LogP contribution < -0.4 is 0 Å². The predicted octanol–water partition coefficient (Wildman–Crippen LogP) is 2.33. The summed E-state index contributed by atoms with van der Waals surface area (Å²) in [5, 5.41) is 13.3. The summed E-state index contributed by atoms with van der Waals surface area (Å²) in [6.45, 7) is 0.659. The predicted molar refractivity (Wildman–Crippen MR) is 77.7 cm³/mol. The molecule has 0 radical (unpaired) electrons. The van der Waals surface area contributed by atoms with Gasteiger partial charge in [0.05, 0.1) is 12.6 Å². The summed E-state index contributed by atoms with van der Waals surface area (Å²) in [4.78, 5) is 14.2. The quantitative estimate of drug-likeness (QED) is 0.940. The van der Waals surface area contributed by atoms with Gasteiger partial charge in [0.15, 0.2) is 11.5 Å². The first kappa shape index (κ1) is 13.8. The van der Waals surface area contributed by atoms with E-state index in [0.717, 1.165) is 24.8 Å². The van der Waals surface area contributed by atoms with Crippen LogP contribution >= 0.6 is 0 Å². The van der Waals surface area contributed by atoms with Gasteiger partial charge < -0.3 is 14.5 Å². The molecule has 1 saturated heterocycles. The lowest BCUT2D eigenvalue weighted by Crippen LogP contribution is -2.45. The lowest BCUT2D eigenvalue weighted by Gasteiger charge is -2.33. The van der Waals surface area contributed by atoms with E-state index in [0.29, 0.717) is 18.0 Å². The maximum atomic E-state index is 12.5. The van der Waals surface area contributed by atoms with Gasteiger partial charge in [-0.2, -0.15) is 0 Å². The number of piperidine rings is 1. The molecular formula is C16H18N2O3. The molecule has 1 aliphatic heterocycles. The molecule has 0 aliphatic carbocycles. The van der Waals surface area contributed by atoms with Gasteiger partial charge in [0, 0.05) is 18.2 Å². The Morgan fingerprint density at radius 3 is 2.90 bits per heavy atom. The van der Waals surface area contributed by atoms with Crippen molar-refractivity contribution < 1.29 is 14.4 Å². The first-order valence-electron chi connectivity index (χ1n) is 7.23. The first-order valence-corrected chi connectivity index (χ1v) is 7.23. The molecule has 1 atom stereocenters. The number of aliphatic hydroxyl groups excluding tert-OH is 1. The minimum Gasteiger partial charge on any atom is -0.394 e. The number of likely N-dealkylation sites (tertiary alicyclic amines) is 1. The van der Waals surface area contributed by atoms with Gasteiger partial charge >= 0.3 is 0 Å². The van der Waals surface area contributed by atoms with Crippen molar-refractivity contribution in [1.82, 2.24) is 10.1 Å². The molecule has 2 aromatic rings. The van der Waals surface area contributed by atoms with Gasteiger partial charge in [-0.3, -0.25) is 4.79 Å². The second-order valence-corrected chi connectivity index (χ2v) is 5.27. The molecule has 5 heteroatoms. The lowest BCUT2D eigenvalue weighted by atomic mass is 10.0. The third-order valence-electron chi connectivity index (χ3n) is 3.89. The number of nitrogens with zero attached hydrogens (tertiary/aromatic N) is 2. The van der Waals surface area contributed by atoms with E-state index in [-0.39, 0.29) is 18.6 Å². The fraction of sp³-hybridized carbons (Fsp3) is 0.375. The van der Waals surface area contributed by atoms with E-state index < -0.39 is 0 Å². The van der Waals surface area contributed by atoms with Gasteiger partial charge in [0.2, 0.25) is 0 Å². The summed E-state index contributed by atoms with van der Waals surface area (Å²) < 4.78 is 5.27. The van der Waals surface area contributed by atoms with Gasteiger partial charge in [-0.25, -0.2) is 0 Å². The van der Waals surface area contributed by atoms with Crippen LogP contribution in [0, 0.1) is 0 Å². The van der Waals surface area contributed by atoms with E-state index in [9.17, 15) is 9.90 Å². The standard InChI is InChI=1S/C16H18N2O3/c19-11-13-8-4-5-9-18(13)16(20)14-10-15(21-17-14)12-6-2-1-3-7-12/h1-3,6-7,10,13,19H,4-5,8-9,11H2. The molecule has 1 aliphatic rings. The van der Waals surface area contributed by atoms with Gasteiger partial charge in [-0.1, -0.05) is 35.5 Å². The average Bonchev–Trinajstić information content (AvgIpc) is 3.05. The summed E-state index contributed by atoms with van der Waals surface area (Å²) in [5.41, 5.74) is 1.19. The van der Waals surface area contributed by atoms with Crippen molar-refractivity contribution in [3.05, 3.63) is 42.1 Å². The monoisotopic (exact) mass is 286 g/mol. The molecular weight excluding hydrogens is 268 g/mol. The molecule has 0 saturated carbocycles. The van der Waals surface area contributed by atoms with Gasteiger partial charge in [-0.15, -0.1) is 0 Å². The van der Waals surface area contributed by atoms with Crippen molar-refractivity contribution >= 4 is 5.91 Å². The van der Waals surface area contributed by atoms with Gasteiger partial charge in [0.1, 0.15) is 0 Å². The zero-order valence-corrected chi connectivity index (χ0v) is 11.7. The first-order chi connectivity index (χ1) is 10.3. The van der Waals surface area contributed by atoms with Crippen molar-refractivity contribution in [3.8, 4) is 11.3 Å². The second-order valence-electron chi connectivity index (χ2n) is 5.27. The van der Waals surface area contributed by atoms with Crippen LogP contribution in [0.25, 0.3) is 11.3 Å². The van der Waals surface area contributed by atoms with Crippen molar-refractivity contribution in [1.29, 1.82) is 0 Å². The van der Waals surface area contributed by atoms with Crippen LogP contribution in [-0.2, 0) is 0 Å². The molecule has 5 nitrogen and oxygen atoms in total. The second kappa shape index (κ2) is 6.10. The Balaban J connectivity index is 1.81. The Bertz CT molecular complexity index is 609. The van der Waals surface area contributed by atoms with Crippen molar-refractivity contribution in [3.63, 3.8) is 0 Å². The summed E-state index contributed by atoms with van der Waals surface area (Å²) in [6, 6.07) is 11.1. The third kappa shape index (κ3) is 2.83. The molecule has 1 unspecified atom stereocenters. The van der Waals surface area contributed by atoms with Gasteiger partial charge in [-0.05, 0) is 19.3 Å². The highest BCUT2D eigenvalue weighted by Crippen LogP contribution is 2.23. The zero-order chi connectivity index (χ0) is 14.7. The Labute approximate surface area is 123 Å². The highest BCUT2D eigenvalue weighted by atomic mass is 16.5. The molecule has 1 fully saturated rings. The van der Waals surface area contributed by atoms with Crippen LogP contribution in [0.4, 0.5) is 0 Å². The summed E-state index contributed by atoms with van der Waals surface area (Å²) >= 11 is 0. The average molecular weight is 286 g/mol. The number of hydrogen-bond donors (Lipinski definition) is 1. The number of aromatic nitrogens is 1. The Kier molecular flexibility index (Phi) is 4.01. The summed E-state index contributed by atoms with van der Waals surface area (Å²) in [6.07, 6.45) is 2.85. The van der Waals surface area contributed by atoms with Gasteiger partial charge in [0.25, 0.3) is 5.91 Å². The fourth-order valence-corrected chi connectivity index (χ4v) is 2.72. The van der Waals surface area contributed by atoms with E-state index in [1.54, 1.807) is 11.0 Å². The number of amides is 1. The molecule has 1 amide bonds. The molecule has 3 rings (SSSR count). The van der Waals surface area contributed by atoms with Crippen LogP contribution in [0.3, 0.4) is 0 Å². The minimum absolute atomic E-state index is 0.00483. The third-order valence-corrected chi connectivity index (χ3v) is 3.89. The molecule has 110 valence electrons. The Morgan fingerprint density at radius 1 is 1.33 bits per heavy atom. The maximum absolute atomic E-state index is 12.5. The number of carbonyl (C=O) groups is 1. The van der Waals surface area contributed by atoms with Crippen molar-refractivity contribution in [2.24, 2.45) is 0 Å². The van der Waals surface area contributed by atoms with E-state index in [2.05, 4.69) is 5.16 Å². The SMILES string of the molecule is O=C(c1cc(-c2ccccc2)on1)N1CCCCC1CO. The topological polar surface area (TPSA) is 66.6 Å². The number of rotatable bonds is 3. The van der Waals surface area contributed by atoms with Crippen molar-refractivity contribution in [2.75, 3.05) is 13.2 Å².